The SMILES string of the molecule is CC(O)C(=O)N1CCN(C(=O)C2CSc3ccccc32)CC1. The summed E-state index contributed by atoms with van der Waals surface area (Å²) in [7, 11) is 0. The Bertz CT molecular complexity index is 583. The molecule has 1 aromatic rings. The Labute approximate surface area is 134 Å². The Morgan fingerprint density at radius 1 is 1.18 bits per heavy atom. The Morgan fingerprint density at radius 2 is 1.82 bits per heavy atom. The van der Waals surface area contributed by atoms with Crippen molar-refractivity contribution in [2.75, 3.05) is 31.9 Å². The van der Waals surface area contributed by atoms with Gasteiger partial charge >= 0.3 is 0 Å². The van der Waals surface area contributed by atoms with Gasteiger partial charge in [-0.15, -0.1) is 11.8 Å². The standard InChI is InChI=1S/C16H20N2O3S/c1-11(19)15(20)17-6-8-18(9-7-17)16(21)13-10-22-14-5-3-2-4-12(13)14/h2-5,11,13,19H,6-10H2,1H3. The van der Waals surface area contributed by atoms with E-state index in [1.165, 1.54) is 11.8 Å². The zero-order chi connectivity index (χ0) is 15.7. The third kappa shape index (κ3) is 2.85. The summed E-state index contributed by atoms with van der Waals surface area (Å²) in [4.78, 5) is 29.2. The van der Waals surface area contributed by atoms with Crippen LogP contribution in [0.3, 0.4) is 0 Å². The summed E-state index contributed by atoms with van der Waals surface area (Å²) < 4.78 is 0. The van der Waals surface area contributed by atoms with E-state index in [4.69, 9.17) is 0 Å². The van der Waals surface area contributed by atoms with E-state index in [0.717, 1.165) is 11.3 Å². The zero-order valence-electron chi connectivity index (χ0n) is 12.6. The number of hydrogen-bond donors (Lipinski definition) is 1. The predicted molar refractivity (Wildman–Crippen MR) is 84.7 cm³/mol. The molecule has 6 heteroatoms. The van der Waals surface area contributed by atoms with Crippen LogP contribution in [0.5, 0.6) is 0 Å². The molecule has 0 saturated carbocycles. The van der Waals surface area contributed by atoms with Gasteiger partial charge in [-0.2, -0.15) is 0 Å². The lowest BCUT2D eigenvalue weighted by Gasteiger charge is -2.36. The number of carbonyl (C=O) groups excluding carboxylic acids is 2. The first-order valence-electron chi connectivity index (χ1n) is 7.55. The number of nitrogens with zero attached hydrogens (tertiary/aromatic N) is 2. The number of aliphatic hydroxyl groups is 1. The molecule has 2 amide bonds. The number of piperazine rings is 1. The third-order valence-electron chi connectivity index (χ3n) is 4.26. The van der Waals surface area contributed by atoms with E-state index < -0.39 is 6.10 Å². The molecular weight excluding hydrogens is 300 g/mol. The molecule has 1 aromatic carbocycles. The minimum absolute atomic E-state index is 0.0692. The fourth-order valence-corrected chi connectivity index (χ4v) is 4.22. The Morgan fingerprint density at radius 3 is 2.50 bits per heavy atom. The number of thioether (sulfide) groups is 1. The first-order valence-corrected chi connectivity index (χ1v) is 8.54. The number of amides is 2. The van der Waals surface area contributed by atoms with Gasteiger partial charge < -0.3 is 14.9 Å². The van der Waals surface area contributed by atoms with Crippen LogP contribution < -0.4 is 0 Å². The molecule has 22 heavy (non-hydrogen) atoms. The Hall–Kier alpha value is -1.53. The predicted octanol–water partition coefficient (Wildman–Crippen LogP) is 0.927. The summed E-state index contributed by atoms with van der Waals surface area (Å²) in [6.45, 7) is 3.56. The molecule has 1 fully saturated rings. The summed E-state index contributed by atoms with van der Waals surface area (Å²) in [5.41, 5.74) is 1.12. The molecule has 2 heterocycles. The molecule has 5 nitrogen and oxygen atoms in total. The van der Waals surface area contributed by atoms with Crippen LogP contribution in [0.25, 0.3) is 0 Å². The molecule has 0 aliphatic carbocycles. The van der Waals surface area contributed by atoms with Crippen molar-refractivity contribution in [1.29, 1.82) is 0 Å². The second-order valence-electron chi connectivity index (χ2n) is 5.73. The van der Waals surface area contributed by atoms with E-state index in [0.29, 0.717) is 26.2 Å². The molecule has 0 spiro atoms. The molecule has 0 bridgehead atoms. The maximum atomic E-state index is 12.7. The Kier molecular flexibility index (Phi) is 4.40. The van der Waals surface area contributed by atoms with E-state index in [1.54, 1.807) is 16.7 Å². The van der Waals surface area contributed by atoms with Crippen LogP contribution in [-0.4, -0.2) is 64.8 Å². The fraction of sp³-hybridized carbons (Fsp3) is 0.500. The molecule has 2 unspecified atom stereocenters. The molecule has 2 aliphatic rings. The monoisotopic (exact) mass is 320 g/mol. The van der Waals surface area contributed by atoms with E-state index in [2.05, 4.69) is 6.07 Å². The van der Waals surface area contributed by atoms with Crippen LogP contribution in [0.4, 0.5) is 0 Å². The minimum atomic E-state index is -0.972. The van der Waals surface area contributed by atoms with Crippen LogP contribution in [-0.2, 0) is 9.59 Å². The second-order valence-corrected chi connectivity index (χ2v) is 6.79. The van der Waals surface area contributed by atoms with Gasteiger partial charge in [0.1, 0.15) is 6.10 Å². The first-order chi connectivity index (χ1) is 10.6. The highest BCUT2D eigenvalue weighted by molar-refractivity contribution is 7.99. The van der Waals surface area contributed by atoms with Crippen molar-refractivity contribution in [3.8, 4) is 0 Å². The van der Waals surface area contributed by atoms with Gasteiger partial charge in [-0.1, -0.05) is 18.2 Å². The van der Waals surface area contributed by atoms with Gasteiger partial charge in [0.25, 0.3) is 5.91 Å². The summed E-state index contributed by atoms with van der Waals surface area (Å²) in [5, 5.41) is 9.36. The molecule has 1 N–H and O–H groups in total. The van der Waals surface area contributed by atoms with Crippen molar-refractivity contribution in [3.63, 3.8) is 0 Å². The van der Waals surface area contributed by atoms with Crippen molar-refractivity contribution in [3.05, 3.63) is 29.8 Å². The molecule has 2 aliphatic heterocycles. The quantitative estimate of drug-likeness (QED) is 0.880. The average Bonchev–Trinajstić information content (AvgIpc) is 2.97. The van der Waals surface area contributed by atoms with Crippen molar-refractivity contribution in [2.24, 2.45) is 0 Å². The smallest absolute Gasteiger partial charge is 0.251 e. The largest absolute Gasteiger partial charge is 0.384 e. The van der Waals surface area contributed by atoms with E-state index in [1.807, 2.05) is 23.1 Å². The number of hydrogen-bond acceptors (Lipinski definition) is 4. The molecular formula is C16H20N2O3S. The van der Waals surface area contributed by atoms with Gasteiger partial charge in [0.05, 0.1) is 5.92 Å². The first kappa shape index (κ1) is 15.4. The second kappa shape index (κ2) is 6.30. The van der Waals surface area contributed by atoms with E-state index in [9.17, 15) is 14.7 Å². The highest BCUT2D eigenvalue weighted by Gasteiger charge is 2.34. The maximum absolute atomic E-state index is 12.7. The van der Waals surface area contributed by atoms with E-state index in [-0.39, 0.29) is 17.7 Å². The van der Waals surface area contributed by atoms with Gasteiger partial charge in [-0.05, 0) is 18.6 Å². The highest BCUT2D eigenvalue weighted by atomic mass is 32.2. The van der Waals surface area contributed by atoms with E-state index >= 15 is 0 Å². The van der Waals surface area contributed by atoms with Crippen LogP contribution in [0, 0.1) is 0 Å². The lowest BCUT2D eigenvalue weighted by atomic mass is 9.99. The lowest BCUT2D eigenvalue weighted by molar-refractivity contribution is -0.145. The van der Waals surface area contributed by atoms with Crippen LogP contribution >= 0.6 is 11.8 Å². The van der Waals surface area contributed by atoms with Crippen LogP contribution in [0.1, 0.15) is 18.4 Å². The van der Waals surface area contributed by atoms with Crippen LogP contribution in [0.2, 0.25) is 0 Å². The minimum Gasteiger partial charge on any atom is -0.384 e. The lowest BCUT2D eigenvalue weighted by Crippen LogP contribution is -2.53. The maximum Gasteiger partial charge on any atom is 0.251 e. The number of rotatable bonds is 2. The molecule has 0 radical (unpaired) electrons. The average molecular weight is 320 g/mol. The number of aliphatic hydroxyl groups excluding tert-OH is 1. The van der Waals surface area contributed by atoms with Gasteiger partial charge in [0, 0.05) is 36.8 Å². The fourth-order valence-electron chi connectivity index (χ4n) is 3.00. The summed E-state index contributed by atoms with van der Waals surface area (Å²) in [6.07, 6.45) is -0.972. The Balaban J connectivity index is 1.63. The molecule has 118 valence electrons. The normalized spacial score (nSPS) is 22.4. The summed E-state index contributed by atoms with van der Waals surface area (Å²) in [6, 6.07) is 8.07. The number of benzene rings is 1. The van der Waals surface area contributed by atoms with Crippen molar-refractivity contribution in [2.45, 2.75) is 23.8 Å². The molecule has 2 atom stereocenters. The topological polar surface area (TPSA) is 60.9 Å². The van der Waals surface area contributed by atoms with Crippen molar-refractivity contribution < 1.29 is 14.7 Å². The number of fused-ring (bicyclic) bond motifs is 1. The van der Waals surface area contributed by atoms with Crippen molar-refractivity contribution >= 4 is 23.6 Å². The third-order valence-corrected chi connectivity index (χ3v) is 5.44. The molecule has 3 rings (SSSR count). The molecule has 1 saturated heterocycles. The highest BCUT2D eigenvalue weighted by Crippen LogP contribution is 2.40. The number of carbonyl (C=O) groups is 2. The summed E-state index contributed by atoms with van der Waals surface area (Å²) >= 11 is 1.73. The van der Waals surface area contributed by atoms with Gasteiger partial charge in [0.15, 0.2) is 0 Å². The molecule has 0 aromatic heterocycles. The van der Waals surface area contributed by atoms with Gasteiger partial charge in [-0.3, -0.25) is 9.59 Å². The zero-order valence-corrected chi connectivity index (χ0v) is 13.4. The van der Waals surface area contributed by atoms with Gasteiger partial charge in [0.2, 0.25) is 5.91 Å². The van der Waals surface area contributed by atoms with Crippen molar-refractivity contribution in [1.82, 2.24) is 9.80 Å². The van der Waals surface area contributed by atoms with Crippen LogP contribution in [0.15, 0.2) is 29.2 Å². The summed E-state index contributed by atoms with van der Waals surface area (Å²) in [5.74, 6) is 0.626. The van der Waals surface area contributed by atoms with Gasteiger partial charge in [-0.25, -0.2) is 0 Å².